The normalized spacial score (nSPS) is 33.4. The first kappa shape index (κ1) is 9.01. The van der Waals surface area contributed by atoms with E-state index < -0.39 is 0 Å². The molecule has 0 saturated carbocycles. The molecule has 0 aromatic heterocycles. The van der Waals surface area contributed by atoms with Gasteiger partial charge in [-0.15, -0.1) is 0 Å². The minimum Gasteiger partial charge on any atom is -0.310 e. The van der Waals surface area contributed by atoms with Crippen molar-refractivity contribution < 1.29 is 0 Å². The van der Waals surface area contributed by atoms with Crippen molar-refractivity contribution in [2.75, 3.05) is 6.54 Å². The summed E-state index contributed by atoms with van der Waals surface area (Å²) in [6.45, 7) is 5.73. The van der Waals surface area contributed by atoms with Crippen LogP contribution in [0.15, 0.2) is 23.3 Å². The standard InChI is InChI=1S/C12H19N/c1-3-10-6-7-11-5-4-8-13-12(11)9(10)2/h6-7,11-13H,3-5,8H2,1-2H3. The van der Waals surface area contributed by atoms with Crippen LogP contribution in [-0.4, -0.2) is 12.6 Å². The van der Waals surface area contributed by atoms with Gasteiger partial charge in [0.2, 0.25) is 0 Å². The molecule has 1 fully saturated rings. The van der Waals surface area contributed by atoms with Gasteiger partial charge in [-0.05, 0) is 44.2 Å². The molecule has 0 amide bonds. The monoisotopic (exact) mass is 177 g/mol. The molecule has 2 aliphatic rings. The van der Waals surface area contributed by atoms with Crippen LogP contribution in [0.3, 0.4) is 0 Å². The van der Waals surface area contributed by atoms with Crippen molar-refractivity contribution in [3.05, 3.63) is 23.3 Å². The number of piperidine rings is 1. The minimum atomic E-state index is 0.647. The van der Waals surface area contributed by atoms with Gasteiger partial charge in [0.15, 0.2) is 0 Å². The van der Waals surface area contributed by atoms with E-state index in [0.29, 0.717) is 6.04 Å². The zero-order valence-electron chi connectivity index (χ0n) is 8.64. The van der Waals surface area contributed by atoms with Gasteiger partial charge in [-0.25, -0.2) is 0 Å². The van der Waals surface area contributed by atoms with Crippen LogP contribution in [0.2, 0.25) is 0 Å². The van der Waals surface area contributed by atoms with Crippen molar-refractivity contribution in [3.8, 4) is 0 Å². The molecule has 1 aliphatic heterocycles. The fraction of sp³-hybridized carbons (Fsp3) is 0.667. The van der Waals surface area contributed by atoms with Crippen molar-refractivity contribution in [2.24, 2.45) is 5.92 Å². The molecule has 0 bridgehead atoms. The Bertz CT molecular complexity index is 250. The molecule has 0 aromatic carbocycles. The van der Waals surface area contributed by atoms with E-state index in [9.17, 15) is 0 Å². The van der Waals surface area contributed by atoms with Gasteiger partial charge in [-0.2, -0.15) is 0 Å². The first-order chi connectivity index (χ1) is 6.33. The maximum atomic E-state index is 3.63. The summed E-state index contributed by atoms with van der Waals surface area (Å²) in [6.07, 6.45) is 8.61. The molecule has 0 spiro atoms. The van der Waals surface area contributed by atoms with Gasteiger partial charge >= 0.3 is 0 Å². The van der Waals surface area contributed by atoms with Crippen molar-refractivity contribution in [1.29, 1.82) is 0 Å². The number of allylic oxidation sites excluding steroid dienone is 2. The number of rotatable bonds is 1. The van der Waals surface area contributed by atoms with Crippen LogP contribution in [0.1, 0.15) is 33.1 Å². The second-order valence-corrected chi connectivity index (χ2v) is 4.16. The van der Waals surface area contributed by atoms with Gasteiger partial charge < -0.3 is 5.32 Å². The topological polar surface area (TPSA) is 12.0 Å². The lowest BCUT2D eigenvalue weighted by molar-refractivity contribution is 0.357. The highest BCUT2D eigenvalue weighted by atomic mass is 14.9. The van der Waals surface area contributed by atoms with Gasteiger partial charge in [0.25, 0.3) is 0 Å². The van der Waals surface area contributed by atoms with Crippen LogP contribution in [-0.2, 0) is 0 Å². The molecule has 2 rings (SSSR count). The molecule has 1 heteroatoms. The molecule has 1 N–H and O–H groups in total. The maximum absolute atomic E-state index is 3.63. The second-order valence-electron chi connectivity index (χ2n) is 4.16. The number of nitrogens with one attached hydrogen (secondary N) is 1. The van der Waals surface area contributed by atoms with Crippen molar-refractivity contribution >= 4 is 0 Å². The van der Waals surface area contributed by atoms with Gasteiger partial charge in [0.1, 0.15) is 0 Å². The molecule has 0 radical (unpaired) electrons. The first-order valence-corrected chi connectivity index (χ1v) is 5.44. The summed E-state index contributed by atoms with van der Waals surface area (Å²) >= 11 is 0. The fourth-order valence-corrected chi connectivity index (χ4v) is 2.56. The van der Waals surface area contributed by atoms with E-state index in [1.54, 1.807) is 5.57 Å². The lowest BCUT2D eigenvalue weighted by Crippen LogP contribution is -2.42. The number of hydrogen-bond acceptors (Lipinski definition) is 1. The Morgan fingerprint density at radius 2 is 2.38 bits per heavy atom. The van der Waals surface area contributed by atoms with E-state index in [1.165, 1.54) is 31.4 Å². The minimum absolute atomic E-state index is 0.647. The Labute approximate surface area is 80.9 Å². The maximum Gasteiger partial charge on any atom is 0.0345 e. The molecule has 72 valence electrons. The SMILES string of the molecule is CCC1=C(C)C2NCCCC2C=C1. The van der Waals surface area contributed by atoms with Crippen LogP contribution in [0, 0.1) is 5.92 Å². The lowest BCUT2D eigenvalue weighted by Gasteiger charge is -2.35. The molecule has 1 aliphatic carbocycles. The van der Waals surface area contributed by atoms with Crippen molar-refractivity contribution in [2.45, 2.75) is 39.2 Å². The predicted octanol–water partition coefficient (Wildman–Crippen LogP) is 2.65. The quantitative estimate of drug-likeness (QED) is 0.649. The van der Waals surface area contributed by atoms with E-state index in [2.05, 4.69) is 31.3 Å². The molecular formula is C12H19N. The van der Waals surface area contributed by atoms with Gasteiger partial charge in [-0.3, -0.25) is 0 Å². The highest BCUT2D eigenvalue weighted by molar-refractivity contribution is 5.34. The number of fused-ring (bicyclic) bond motifs is 1. The highest BCUT2D eigenvalue weighted by Gasteiger charge is 2.27. The van der Waals surface area contributed by atoms with E-state index in [0.717, 1.165) is 5.92 Å². The molecule has 1 heterocycles. The summed E-state index contributed by atoms with van der Waals surface area (Å²) in [5, 5.41) is 3.63. The Kier molecular flexibility index (Phi) is 2.54. The second kappa shape index (κ2) is 3.67. The smallest absolute Gasteiger partial charge is 0.0345 e. The molecule has 1 nitrogen and oxygen atoms in total. The average molecular weight is 177 g/mol. The zero-order valence-corrected chi connectivity index (χ0v) is 8.64. The molecule has 2 unspecified atom stereocenters. The lowest BCUT2D eigenvalue weighted by atomic mass is 9.80. The summed E-state index contributed by atoms with van der Waals surface area (Å²) in [6, 6.07) is 0.647. The van der Waals surface area contributed by atoms with Crippen LogP contribution >= 0.6 is 0 Å². The molecule has 2 atom stereocenters. The summed E-state index contributed by atoms with van der Waals surface area (Å²) in [5.74, 6) is 0.768. The van der Waals surface area contributed by atoms with Crippen LogP contribution in [0.25, 0.3) is 0 Å². The third-order valence-corrected chi connectivity index (χ3v) is 3.41. The van der Waals surface area contributed by atoms with Crippen LogP contribution in [0.4, 0.5) is 0 Å². The van der Waals surface area contributed by atoms with E-state index in [4.69, 9.17) is 0 Å². The Morgan fingerprint density at radius 1 is 1.54 bits per heavy atom. The summed E-state index contributed by atoms with van der Waals surface area (Å²) < 4.78 is 0. The van der Waals surface area contributed by atoms with Gasteiger partial charge in [0.05, 0.1) is 0 Å². The first-order valence-electron chi connectivity index (χ1n) is 5.44. The van der Waals surface area contributed by atoms with E-state index in [1.807, 2.05) is 0 Å². The molecule has 0 aromatic rings. The Balaban J connectivity index is 2.21. The van der Waals surface area contributed by atoms with Crippen LogP contribution in [0.5, 0.6) is 0 Å². The van der Waals surface area contributed by atoms with Crippen LogP contribution < -0.4 is 5.32 Å². The van der Waals surface area contributed by atoms with E-state index in [-0.39, 0.29) is 0 Å². The van der Waals surface area contributed by atoms with Gasteiger partial charge in [-0.1, -0.05) is 24.6 Å². The predicted molar refractivity (Wildman–Crippen MR) is 56.6 cm³/mol. The largest absolute Gasteiger partial charge is 0.310 e. The van der Waals surface area contributed by atoms with Crippen molar-refractivity contribution in [3.63, 3.8) is 0 Å². The third-order valence-electron chi connectivity index (χ3n) is 3.41. The fourth-order valence-electron chi connectivity index (χ4n) is 2.56. The van der Waals surface area contributed by atoms with Gasteiger partial charge in [0, 0.05) is 6.04 Å². The summed E-state index contributed by atoms with van der Waals surface area (Å²) in [7, 11) is 0. The van der Waals surface area contributed by atoms with E-state index >= 15 is 0 Å². The third kappa shape index (κ3) is 1.58. The highest BCUT2D eigenvalue weighted by Crippen LogP contribution is 2.30. The number of hydrogen-bond donors (Lipinski definition) is 1. The molecule has 13 heavy (non-hydrogen) atoms. The Morgan fingerprint density at radius 3 is 3.15 bits per heavy atom. The molecule has 1 saturated heterocycles. The zero-order chi connectivity index (χ0) is 9.26. The average Bonchev–Trinajstić information content (AvgIpc) is 2.19. The summed E-state index contributed by atoms with van der Waals surface area (Å²) in [5.41, 5.74) is 3.12. The van der Waals surface area contributed by atoms with Crippen molar-refractivity contribution in [1.82, 2.24) is 5.32 Å². The Hall–Kier alpha value is -0.560. The summed E-state index contributed by atoms with van der Waals surface area (Å²) in [4.78, 5) is 0. The molecular weight excluding hydrogens is 158 g/mol.